The fraction of sp³-hybridized carbons (Fsp3) is 0.537. The molecule has 75 heavy (non-hydrogen) atoms. The summed E-state index contributed by atoms with van der Waals surface area (Å²) in [6.07, 6.45) is 26.9. The summed E-state index contributed by atoms with van der Waals surface area (Å²) in [5, 5.41) is 0. The molecule has 0 saturated heterocycles. The van der Waals surface area contributed by atoms with E-state index in [0.29, 0.717) is 53.0 Å². The summed E-state index contributed by atoms with van der Waals surface area (Å²) in [6, 6.07) is 26.9. The number of nitrogens with zero attached hydrogens (tertiary/aromatic N) is 5. The molecule has 16 bridgehead atoms. The summed E-state index contributed by atoms with van der Waals surface area (Å²) in [5.41, 5.74) is 30.2. The van der Waals surface area contributed by atoms with Gasteiger partial charge in [0.1, 0.15) is 11.3 Å². The lowest BCUT2D eigenvalue weighted by molar-refractivity contribution is 0.142. The van der Waals surface area contributed by atoms with Crippen LogP contribution in [-0.2, 0) is 0 Å². The molecule has 16 aliphatic carbocycles. The molecular formula is C67H67B2N5O. The van der Waals surface area contributed by atoms with Crippen molar-refractivity contribution in [2.45, 2.75) is 152 Å². The van der Waals surface area contributed by atoms with Crippen LogP contribution < -0.4 is 37.2 Å². The average Bonchev–Trinajstić information content (AvgIpc) is 3.70. The van der Waals surface area contributed by atoms with E-state index < -0.39 is 0 Å². The van der Waals surface area contributed by atoms with E-state index in [9.17, 15) is 0 Å². The Morgan fingerprint density at radius 1 is 0.373 bits per heavy atom. The minimum absolute atomic E-state index is 0.0384. The van der Waals surface area contributed by atoms with E-state index in [1.807, 2.05) is 0 Å². The molecule has 8 saturated carbocycles. The molecule has 6 nitrogen and oxygen atoms in total. The van der Waals surface area contributed by atoms with Gasteiger partial charge < -0.3 is 9.62 Å². The predicted molar refractivity (Wildman–Crippen MR) is 301 cm³/mol. The first-order chi connectivity index (χ1) is 37.0. The minimum Gasteiger partial charge on any atom is -0.380 e. The number of benzene rings is 3. The third-order valence-electron chi connectivity index (χ3n) is 26.0. The third-order valence-corrected chi connectivity index (χ3v) is 26.0. The zero-order valence-electron chi connectivity index (χ0n) is 43.5. The Bertz CT molecular complexity index is 3550. The van der Waals surface area contributed by atoms with Gasteiger partial charge in [-0.05, 0) is 297 Å². The number of allylic oxidation sites excluding steroid dienone is 4. The van der Waals surface area contributed by atoms with Gasteiger partial charge in [-0.1, -0.05) is 36.4 Å². The third kappa shape index (κ3) is 4.60. The number of hydrogen-bond donors (Lipinski definition) is 0. The predicted octanol–water partition coefficient (Wildman–Crippen LogP) is 11.3. The first kappa shape index (κ1) is 40.2. The maximum Gasteiger partial charge on any atom is 0.340 e. The summed E-state index contributed by atoms with van der Waals surface area (Å²) >= 11 is 0. The molecule has 6 aromatic rings. The van der Waals surface area contributed by atoms with E-state index in [4.69, 9.17) is 0 Å². The van der Waals surface area contributed by atoms with Crippen LogP contribution in [0.15, 0.2) is 82.9 Å². The van der Waals surface area contributed by atoms with Gasteiger partial charge in [0.15, 0.2) is 0 Å². The van der Waals surface area contributed by atoms with Gasteiger partial charge in [-0.25, -0.2) is 4.79 Å². The van der Waals surface area contributed by atoms with Crippen LogP contribution in [-0.4, -0.2) is 27.1 Å². The van der Waals surface area contributed by atoms with Gasteiger partial charge >= 0.3 is 19.4 Å². The Hall–Kier alpha value is -5.10. The summed E-state index contributed by atoms with van der Waals surface area (Å²) in [5.74, 6) is 10.7. The maximum atomic E-state index is 17.3. The molecule has 20 aliphatic rings. The van der Waals surface area contributed by atoms with Gasteiger partial charge in [-0.15, -0.1) is 0 Å². The largest absolute Gasteiger partial charge is 0.380 e. The molecule has 7 heterocycles. The zero-order chi connectivity index (χ0) is 47.7. The van der Waals surface area contributed by atoms with E-state index in [1.54, 1.807) is 66.6 Å². The van der Waals surface area contributed by atoms with E-state index in [2.05, 4.69) is 89.7 Å². The molecule has 8 fully saturated rings. The highest BCUT2D eigenvalue weighted by molar-refractivity contribution is 6.97. The highest BCUT2D eigenvalue weighted by Gasteiger charge is 2.62. The van der Waals surface area contributed by atoms with Crippen molar-refractivity contribution in [1.29, 1.82) is 0 Å². The molecule has 372 valence electrons. The second kappa shape index (κ2) is 13.2. The number of aromatic nitrogens is 3. The van der Waals surface area contributed by atoms with Gasteiger partial charge in [0.2, 0.25) is 0 Å². The Morgan fingerprint density at radius 2 is 0.720 bits per heavy atom. The van der Waals surface area contributed by atoms with E-state index >= 15 is 4.79 Å². The van der Waals surface area contributed by atoms with Crippen LogP contribution in [0.2, 0.25) is 0 Å². The normalized spacial score (nSPS) is 39.0. The number of para-hydroxylation sites is 2. The quantitative estimate of drug-likeness (QED) is 0.162. The highest BCUT2D eigenvalue weighted by atomic mass is 16.1. The van der Waals surface area contributed by atoms with Crippen LogP contribution in [0.3, 0.4) is 0 Å². The van der Waals surface area contributed by atoms with Gasteiger partial charge in [0.25, 0.3) is 0 Å². The SMILES string of the molecule is O=c1n2c3c(c4c2n2c5c(c6c(n15)C1CC5CC(CC6C5)C1)B1c5c(cc6c(c5-2)B4N(c2ccccc2)C2=C6C4CC5CC(C4)CC2C5)C2=C(C4CC5CC(CC2C5)C4)N1c1ccccc1)C1CC2CC(C1)CC3C2. The lowest BCUT2D eigenvalue weighted by Crippen LogP contribution is -2.70. The van der Waals surface area contributed by atoms with Crippen LogP contribution in [0.1, 0.15) is 186 Å². The fourth-order valence-electron chi connectivity index (χ4n) is 24.9. The lowest BCUT2D eigenvalue weighted by Gasteiger charge is -2.51. The van der Waals surface area contributed by atoms with E-state index in [1.165, 1.54) is 168 Å². The number of rotatable bonds is 2. The molecule has 0 radical (unpaired) electrons. The molecule has 26 rings (SSSR count). The van der Waals surface area contributed by atoms with Crippen LogP contribution in [0, 0.1) is 71.0 Å². The molecule has 8 atom stereocenters. The van der Waals surface area contributed by atoms with Crippen LogP contribution in [0.5, 0.6) is 0 Å². The van der Waals surface area contributed by atoms with Crippen molar-refractivity contribution < 1.29 is 0 Å². The van der Waals surface area contributed by atoms with Crippen molar-refractivity contribution >= 4 is 69.4 Å². The minimum atomic E-state index is 0.0384. The molecule has 3 aromatic carbocycles. The van der Waals surface area contributed by atoms with E-state index in [0.717, 1.165) is 47.3 Å². The van der Waals surface area contributed by atoms with Crippen LogP contribution >= 0.6 is 0 Å². The average molecular weight is 980 g/mol. The Kier molecular flexibility index (Phi) is 7.09. The van der Waals surface area contributed by atoms with Gasteiger partial charge in [0.05, 0.1) is 0 Å². The van der Waals surface area contributed by atoms with Crippen molar-refractivity contribution in [3.8, 4) is 5.69 Å². The summed E-state index contributed by atoms with van der Waals surface area (Å²) in [7, 11) is 0. The number of fused-ring (bicyclic) bond motifs is 2. The topological polar surface area (TPSA) is 37.3 Å². The molecule has 4 aliphatic heterocycles. The first-order valence-corrected chi connectivity index (χ1v) is 31.3. The molecule has 3 aromatic heterocycles. The summed E-state index contributed by atoms with van der Waals surface area (Å²) < 4.78 is 8.07. The van der Waals surface area contributed by atoms with Crippen molar-refractivity contribution in [1.82, 2.24) is 13.4 Å². The van der Waals surface area contributed by atoms with Crippen molar-refractivity contribution in [3.05, 3.63) is 122 Å². The summed E-state index contributed by atoms with van der Waals surface area (Å²) in [6.45, 7) is 0.0767. The molecule has 8 heteroatoms. The second-order valence-electron chi connectivity index (χ2n) is 29.5. The molecule has 0 N–H and O–H groups in total. The second-order valence-corrected chi connectivity index (χ2v) is 29.5. The molecular weight excluding hydrogens is 912 g/mol. The standard InChI is InChI=1S/C67H67B2N5O/c75-67-71-60-44-23-36-13-37(24-44)20-42(19-36)54(60)58-65(71)70-64-56-50(52-40-15-32-11-33(16-40)28-46(27-32)62(52)73(68(56)58)48-7-3-1-4-8-48)31-51-53-41-17-34-12-35(18-41)30-47(29-34)63(53)74(49-9-5-2-6-10-49)69(57(51)64)59-55-43-21-38-14-39(22-43)26-45(25-38)61(55)72(67)66(59)70/h1-10,31-47H,11-30H2. The highest BCUT2D eigenvalue weighted by Crippen LogP contribution is 2.64. The smallest absolute Gasteiger partial charge is 0.340 e. The van der Waals surface area contributed by atoms with Gasteiger partial charge in [-0.3, -0.25) is 13.4 Å². The van der Waals surface area contributed by atoms with E-state index in [-0.39, 0.29) is 13.7 Å². The van der Waals surface area contributed by atoms with Crippen molar-refractivity contribution in [2.75, 3.05) is 9.62 Å². The Balaban J connectivity index is 0.982. The molecule has 0 spiro atoms. The van der Waals surface area contributed by atoms with Crippen molar-refractivity contribution in [3.63, 3.8) is 0 Å². The fourth-order valence-corrected chi connectivity index (χ4v) is 24.9. The monoisotopic (exact) mass is 980 g/mol. The summed E-state index contributed by atoms with van der Waals surface area (Å²) in [4.78, 5) is 23.4. The van der Waals surface area contributed by atoms with Crippen molar-refractivity contribution in [2.24, 2.45) is 71.0 Å². The Labute approximate surface area is 441 Å². The first-order valence-electron chi connectivity index (χ1n) is 31.3. The molecule has 8 unspecified atom stereocenters. The van der Waals surface area contributed by atoms with Crippen LogP contribution in [0.4, 0.5) is 11.4 Å². The lowest BCUT2D eigenvalue weighted by atomic mass is 9.37. The molecule has 0 amide bonds. The number of hydrogen-bond acceptors (Lipinski definition) is 3. The van der Waals surface area contributed by atoms with Gasteiger partial charge in [0, 0.05) is 51.7 Å². The zero-order valence-corrected chi connectivity index (χ0v) is 43.5. The Morgan fingerprint density at radius 3 is 1.11 bits per heavy atom. The number of anilines is 2. The maximum absolute atomic E-state index is 17.3. The van der Waals surface area contributed by atoms with Gasteiger partial charge in [-0.2, -0.15) is 0 Å². The van der Waals surface area contributed by atoms with Crippen LogP contribution in [0.25, 0.3) is 28.1 Å².